The maximum absolute atomic E-state index is 11.9. The van der Waals surface area contributed by atoms with Gasteiger partial charge in [-0.2, -0.15) is 0 Å². The molecule has 0 spiro atoms. The minimum atomic E-state index is 0. The van der Waals surface area contributed by atoms with Gasteiger partial charge in [-0.15, -0.1) is 11.3 Å². The Morgan fingerprint density at radius 3 is 2.27 bits per heavy atom. The zero-order valence-electron chi connectivity index (χ0n) is 11.8. The maximum atomic E-state index is 11.9. The van der Waals surface area contributed by atoms with Crippen LogP contribution in [0.5, 0.6) is 0 Å². The first-order chi connectivity index (χ1) is 10.3. The Morgan fingerprint density at radius 1 is 0.864 bits per heavy atom. The topological polar surface area (TPSA) is 17.1 Å². The van der Waals surface area contributed by atoms with Crippen molar-refractivity contribution in [3.05, 3.63) is 101 Å². The molecule has 0 amide bonds. The van der Waals surface area contributed by atoms with Crippen molar-refractivity contribution >= 4 is 27.0 Å². The predicted molar refractivity (Wildman–Crippen MR) is 92.1 cm³/mol. The van der Waals surface area contributed by atoms with Crippen LogP contribution in [0, 0.1) is 12.8 Å². The summed E-state index contributed by atoms with van der Waals surface area (Å²) in [5.74, 6) is 0. The summed E-state index contributed by atoms with van der Waals surface area (Å²) < 4.78 is 1.05. The molecule has 0 aliphatic heterocycles. The summed E-state index contributed by atoms with van der Waals surface area (Å²) in [6.45, 7) is 0. The van der Waals surface area contributed by atoms with Gasteiger partial charge in [-0.05, 0) is 17.7 Å². The van der Waals surface area contributed by atoms with Crippen LogP contribution >= 0.6 is 11.3 Å². The van der Waals surface area contributed by atoms with Crippen LogP contribution in [0.2, 0.25) is 0 Å². The van der Waals surface area contributed by atoms with Crippen LogP contribution in [0.15, 0.2) is 77.7 Å². The summed E-state index contributed by atoms with van der Waals surface area (Å²) in [6, 6.07) is 9.46. The summed E-state index contributed by atoms with van der Waals surface area (Å²) >= 11 is 1.66. The van der Waals surface area contributed by atoms with E-state index in [9.17, 15) is 4.79 Å². The molecule has 0 unspecified atom stereocenters. The van der Waals surface area contributed by atoms with Gasteiger partial charge in [0.05, 0.1) is 0 Å². The molecule has 22 heavy (non-hydrogen) atoms. The summed E-state index contributed by atoms with van der Waals surface area (Å²) in [6.07, 6.45) is 18.0. The molecule has 1 aromatic carbocycles. The molecule has 1 heterocycles. The van der Waals surface area contributed by atoms with Gasteiger partial charge in [0.2, 0.25) is 0 Å². The van der Waals surface area contributed by atoms with E-state index in [-0.39, 0.29) is 22.5 Å². The van der Waals surface area contributed by atoms with Gasteiger partial charge in [0.1, 0.15) is 0 Å². The Labute approximate surface area is 144 Å². The fourth-order valence-corrected chi connectivity index (χ4v) is 3.19. The van der Waals surface area contributed by atoms with Crippen LogP contribution < -0.4 is 5.43 Å². The van der Waals surface area contributed by atoms with Gasteiger partial charge in [-0.25, -0.2) is 0 Å². The Kier molecular flexibility index (Phi) is 6.14. The molecule has 0 bridgehead atoms. The number of rotatable bonds is 1. The van der Waals surface area contributed by atoms with Gasteiger partial charge in [0.25, 0.3) is 0 Å². The monoisotopic (exact) mass is 346 g/mol. The Hall–Kier alpha value is -1.67. The molecule has 0 fully saturated rings. The van der Waals surface area contributed by atoms with Gasteiger partial charge < -0.3 is 0 Å². The molecule has 2 radical (unpaired) electrons. The van der Waals surface area contributed by atoms with E-state index >= 15 is 0 Å². The summed E-state index contributed by atoms with van der Waals surface area (Å²) in [5, 5.41) is 0.808. The smallest absolute Gasteiger partial charge is 0.188 e. The van der Waals surface area contributed by atoms with E-state index in [4.69, 9.17) is 0 Å². The van der Waals surface area contributed by atoms with Crippen molar-refractivity contribution in [1.82, 2.24) is 0 Å². The van der Waals surface area contributed by atoms with Crippen molar-refractivity contribution in [2.24, 2.45) is 0 Å². The Bertz CT molecular complexity index is 815. The first kappa shape index (κ1) is 16.7. The van der Waals surface area contributed by atoms with E-state index in [0.717, 1.165) is 20.5 Å². The van der Waals surface area contributed by atoms with Crippen molar-refractivity contribution in [1.29, 1.82) is 0 Å². The molecule has 3 heteroatoms. The van der Waals surface area contributed by atoms with Gasteiger partial charge in [-0.3, -0.25) is 4.79 Å². The molecule has 2 aromatic rings. The second kappa shape index (κ2) is 8.09. The molecule has 110 valence electrons. The van der Waals surface area contributed by atoms with E-state index in [1.54, 1.807) is 17.4 Å². The van der Waals surface area contributed by atoms with Crippen molar-refractivity contribution in [3.8, 4) is 0 Å². The molecule has 0 atom stereocenters. The number of fused-ring (bicyclic) bond motifs is 1. The fraction of sp³-hybridized carbons (Fsp3) is 0. The third kappa shape index (κ3) is 3.95. The number of benzene rings is 1. The third-order valence-corrected chi connectivity index (χ3v) is 4.29. The summed E-state index contributed by atoms with van der Waals surface area (Å²) in [4.78, 5) is 12.9. The average Bonchev–Trinajstić information content (AvgIpc) is 3.23. The second-order valence-electron chi connectivity index (χ2n) is 4.61. The van der Waals surface area contributed by atoms with E-state index in [2.05, 4.69) is 0 Å². The third-order valence-electron chi connectivity index (χ3n) is 3.14. The van der Waals surface area contributed by atoms with E-state index in [1.807, 2.05) is 79.6 Å². The van der Waals surface area contributed by atoms with Crippen molar-refractivity contribution in [3.63, 3.8) is 0 Å². The van der Waals surface area contributed by atoms with Crippen LogP contribution in [0.1, 0.15) is 4.88 Å². The molecule has 0 saturated heterocycles. The zero-order valence-corrected chi connectivity index (χ0v) is 13.7. The predicted octanol–water partition coefficient (Wildman–Crippen LogP) is 4.73. The fourth-order valence-electron chi connectivity index (χ4n) is 2.11. The SMILES string of the molecule is O=c1cc(C2=C[CH]C=C2)sc2ccccc12.[CH]1C=CC=C1.[Fe]. The summed E-state index contributed by atoms with van der Waals surface area (Å²) in [5.41, 5.74) is 1.22. The Morgan fingerprint density at radius 2 is 1.64 bits per heavy atom. The molecular formula is C19H14FeOS. The number of hydrogen-bond acceptors (Lipinski definition) is 2. The van der Waals surface area contributed by atoms with Crippen molar-refractivity contribution in [2.45, 2.75) is 0 Å². The van der Waals surface area contributed by atoms with Crippen molar-refractivity contribution < 1.29 is 17.1 Å². The van der Waals surface area contributed by atoms with Gasteiger partial charge in [0.15, 0.2) is 5.43 Å². The van der Waals surface area contributed by atoms with Crippen molar-refractivity contribution in [2.75, 3.05) is 0 Å². The minimum absolute atomic E-state index is 0. The van der Waals surface area contributed by atoms with Crippen LogP contribution in [-0.2, 0) is 17.1 Å². The number of hydrogen-bond donors (Lipinski definition) is 0. The summed E-state index contributed by atoms with van der Waals surface area (Å²) in [7, 11) is 0. The Balaban J connectivity index is 0.000000253. The first-order valence-electron chi connectivity index (χ1n) is 6.76. The molecule has 0 N–H and O–H groups in total. The quantitative estimate of drug-likeness (QED) is 0.682. The van der Waals surface area contributed by atoms with Gasteiger partial charge in [0, 0.05) is 50.9 Å². The largest absolute Gasteiger partial charge is 0.289 e. The normalized spacial score (nSPS) is 14.5. The maximum Gasteiger partial charge on any atom is 0.188 e. The molecule has 4 rings (SSSR count). The molecular weight excluding hydrogens is 332 g/mol. The zero-order chi connectivity index (χ0) is 14.5. The second-order valence-corrected chi connectivity index (χ2v) is 5.69. The molecule has 2 aliphatic rings. The molecule has 1 aromatic heterocycles. The van der Waals surface area contributed by atoms with Crippen LogP contribution in [0.4, 0.5) is 0 Å². The molecule has 0 saturated carbocycles. The van der Waals surface area contributed by atoms with Crippen LogP contribution in [0.3, 0.4) is 0 Å². The molecule has 1 nitrogen and oxygen atoms in total. The van der Waals surface area contributed by atoms with Crippen LogP contribution in [0.25, 0.3) is 15.7 Å². The van der Waals surface area contributed by atoms with E-state index in [1.165, 1.54) is 0 Å². The number of allylic oxidation sites excluding steroid dienone is 8. The van der Waals surface area contributed by atoms with Gasteiger partial charge in [-0.1, -0.05) is 54.7 Å². The van der Waals surface area contributed by atoms with E-state index < -0.39 is 0 Å². The van der Waals surface area contributed by atoms with Crippen LogP contribution in [-0.4, -0.2) is 0 Å². The molecule has 2 aliphatic carbocycles. The average molecular weight is 346 g/mol. The van der Waals surface area contributed by atoms with E-state index in [0.29, 0.717) is 0 Å². The minimum Gasteiger partial charge on any atom is -0.289 e. The van der Waals surface area contributed by atoms with Gasteiger partial charge >= 0.3 is 0 Å². The standard InChI is InChI=1S/C14H9OS.C5H5.Fe/c15-12-9-14(10-5-1-2-6-10)16-13-8-4-3-7-11(12)13;1-2-4-5-3-1;/h1-9H;1-5H;. The first-order valence-corrected chi connectivity index (χ1v) is 7.58.